The van der Waals surface area contributed by atoms with E-state index in [0.29, 0.717) is 22.2 Å². The van der Waals surface area contributed by atoms with Gasteiger partial charge in [0.05, 0.1) is 18.4 Å². The summed E-state index contributed by atoms with van der Waals surface area (Å²) in [6, 6.07) is 6.45. The van der Waals surface area contributed by atoms with Crippen LogP contribution in [-0.4, -0.2) is 39.6 Å². The number of nitrogen functional groups attached to an aromatic ring is 1. The Balaban J connectivity index is 1.88. The smallest absolute Gasteiger partial charge is 0.337 e. The van der Waals surface area contributed by atoms with E-state index in [0.717, 1.165) is 12.8 Å². The van der Waals surface area contributed by atoms with E-state index >= 15 is 0 Å². The molecule has 2 aromatic rings. The zero-order chi connectivity index (χ0) is 17.5. The van der Waals surface area contributed by atoms with Crippen molar-refractivity contribution in [3.8, 4) is 0 Å². The van der Waals surface area contributed by atoms with Crippen LogP contribution in [0.2, 0.25) is 0 Å². The molecular formula is C15H19N5O3S. The average molecular weight is 349 g/mol. The number of amides is 1. The van der Waals surface area contributed by atoms with Crippen molar-refractivity contribution in [2.24, 2.45) is 0 Å². The van der Waals surface area contributed by atoms with Gasteiger partial charge in [-0.3, -0.25) is 4.79 Å². The first-order valence-electron chi connectivity index (χ1n) is 7.35. The van der Waals surface area contributed by atoms with Crippen LogP contribution in [0.15, 0.2) is 29.4 Å². The summed E-state index contributed by atoms with van der Waals surface area (Å²) in [4.78, 5) is 23.3. The maximum Gasteiger partial charge on any atom is 0.337 e. The number of benzene rings is 1. The zero-order valence-corrected chi connectivity index (χ0v) is 14.3. The molecule has 0 atom stereocenters. The summed E-state index contributed by atoms with van der Waals surface area (Å²) in [7, 11) is 1.32. The molecule has 0 spiro atoms. The lowest BCUT2D eigenvalue weighted by atomic mass is 10.2. The van der Waals surface area contributed by atoms with E-state index in [-0.39, 0.29) is 11.7 Å². The van der Waals surface area contributed by atoms with Crippen LogP contribution in [0.1, 0.15) is 29.5 Å². The molecule has 0 radical (unpaired) electrons. The molecule has 0 saturated carbocycles. The molecule has 0 aliphatic heterocycles. The van der Waals surface area contributed by atoms with Crippen LogP contribution < -0.4 is 11.2 Å². The van der Waals surface area contributed by atoms with Crippen LogP contribution in [0.25, 0.3) is 0 Å². The van der Waals surface area contributed by atoms with E-state index in [1.165, 1.54) is 23.5 Å². The lowest BCUT2D eigenvalue weighted by molar-refractivity contribution is -0.113. The quantitative estimate of drug-likeness (QED) is 0.442. The van der Waals surface area contributed by atoms with Crippen LogP contribution in [0.3, 0.4) is 0 Å². The van der Waals surface area contributed by atoms with Crippen molar-refractivity contribution in [3.63, 3.8) is 0 Å². The third-order valence-corrected chi connectivity index (χ3v) is 4.07. The predicted molar refractivity (Wildman–Crippen MR) is 91.3 cm³/mol. The van der Waals surface area contributed by atoms with E-state index < -0.39 is 5.97 Å². The van der Waals surface area contributed by atoms with Gasteiger partial charge in [-0.05, 0) is 30.7 Å². The first-order valence-corrected chi connectivity index (χ1v) is 8.34. The number of rotatable bonds is 7. The molecule has 128 valence electrons. The Morgan fingerprint density at radius 1 is 1.29 bits per heavy atom. The number of aromatic nitrogens is 3. The molecule has 0 aliphatic rings. The van der Waals surface area contributed by atoms with Gasteiger partial charge in [-0.1, -0.05) is 18.7 Å². The second-order valence-corrected chi connectivity index (χ2v) is 5.87. The number of nitrogens with one attached hydrogen (secondary N) is 1. The van der Waals surface area contributed by atoms with Gasteiger partial charge in [0, 0.05) is 12.1 Å². The number of nitrogens with two attached hydrogens (primary N) is 1. The van der Waals surface area contributed by atoms with Crippen molar-refractivity contribution in [2.45, 2.75) is 24.9 Å². The van der Waals surface area contributed by atoms with Crippen molar-refractivity contribution >= 4 is 29.3 Å². The topological polar surface area (TPSA) is 112 Å². The van der Waals surface area contributed by atoms with Gasteiger partial charge in [0.2, 0.25) is 11.1 Å². The summed E-state index contributed by atoms with van der Waals surface area (Å²) >= 11 is 1.21. The largest absolute Gasteiger partial charge is 0.465 e. The van der Waals surface area contributed by atoms with Crippen molar-refractivity contribution < 1.29 is 14.3 Å². The molecular weight excluding hydrogens is 330 g/mol. The first-order chi connectivity index (χ1) is 11.5. The number of anilines is 1. The van der Waals surface area contributed by atoms with Gasteiger partial charge in [-0.15, -0.1) is 10.2 Å². The van der Waals surface area contributed by atoms with Crippen LogP contribution in [0, 0.1) is 0 Å². The number of carbonyl (C=O) groups excluding carboxylic acids is 2. The molecule has 1 heterocycles. The van der Waals surface area contributed by atoms with Crippen LogP contribution in [0.5, 0.6) is 0 Å². The van der Waals surface area contributed by atoms with Crippen LogP contribution in [-0.2, 0) is 16.0 Å². The van der Waals surface area contributed by atoms with E-state index in [4.69, 9.17) is 5.84 Å². The lowest BCUT2D eigenvalue weighted by Gasteiger charge is -2.06. The van der Waals surface area contributed by atoms with E-state index in [9.17, 15) is 9.59 Å². The fourth-order valence-electron chi connectivity index (χ4n) is 1.93. The van der Waals surface area contributed by atoms with Crippen LogP contribution >= 0.6 is 11.8 Å². The average Bonchev–Trinajstić information content (AvgIpc) is 2.93. The molecule has 2 rings (SSSR count). The van der Waals surface area contributed by atoms with Gasteiger partial charge >= 0.3 is 5.97 Å². The highest BCUT2D eigenvalue weighted by Gasteiger charge is 2.12. The molecule has 3 N–H and O–H groups in total. The van der Waals surface area contributed by atoms with E-state index in [1.54, 1.807) is 24.3 Å². The summed E-state index contributed by atoms with van der Waals surface area (Å²) in [5.41, 5.74) is 1.01. The van der Waals surface area contributed by atoms with Crippen LogP contribution in [0.4, 0.5) is 5.69 Å². The Morgan fingerprint density at radius 3 is 2.62 bits per heavy atom. The summed E-state index contributed by atoms with van der Waals surface area (Å²) in [6.07, 6.45) is 1.66. The lowest BCUT2D eigenvalue weighted by Crippen LogP contribution is -2.17. The maximum absolute atomic E-state index is 12.0. The van der Waals surface area contributed by atoms with Gasteiger partial charge < -0.3 is 15.9 Å². The minimum absolute atomic E-state index is 0.153. The first kappa shape index (κ1) is 17.8. The SMILES string of the molecule is CCCc1nnc(SCC(=O)Nc2ccc(C(=O)OC)cc2)n1N. The molecule has 9 heteroatoms. The molecule has 1 aromatic heterocycles. The van der Waals surface area contributed by atoms with Crippen molar-refractivity contribution in [1.29, 1.82) is 0 Å². The molecule has 24 heavy (non-hydrogen) atoms. The van der Waals surface area contributed by atoms with Gasteiger partial charge in [-0.25, -0.2) is 9.47 Å². The number of carbonyl (C=O) groups is 2. The van der Waals surface area contributed by atoms with Gasteiger partial charge in [-0.2, -0.15) is 0 Å². The summed E-state index contributed by atoms with van der Waals surface area (Å²) in [5, 5.41) is 11.2. The second-order valence-electron chi connectivity index (χ2n) is 4.92. The second kappa shape index (κ2) is 8.34. The van der Waals surface area contributed by atoms with Crippen molar-refractivity contribution in [3.05, 3.63) is 35.7 Å². The molecule has 0 bridgehead atoms. The van der Waals surface area contributed by atoms with Crippen molar-refractivity contribution in [2.75, 3.05) is 24.0 Å². The Labute approximate surface area is 143 Å². The fourth-order valence-corrected chi connectivity index (χ4v) is 2.61. The highest BCUT2D eigenvalue weighted by Crippen LogP contribution is 2.16. The molecule has 1 aromatic carbocycles. The van der Waals surface area contributed by atoms with Gasteiger partial charge in [0.25, 0.3) is 0 Å². The maximum atomic E-state index is 12.0. The number of methoxy groups -OCH3 is 1. The number of hydrogen-bond donors (Lipinski definition) is 2. The predicted octanol–water partition coefficient (Wildman–Crippen LogP) is 1.46. The fraction of sp³-hybridized carbons (Fsp3) is 0.333. The van der Waals surface area contributed by atoms with E-state index in [2.05, 4.69) is 20.3 Å². The zero-order valence-electron chi connectivity index (χ0n) is 13.5. The third-order valence-electron chi connectivity index (χ3n) is 3.13. The van der Waals surface area contributed by atoms with Crippen molar-refractivity contribution in [1.82, 2.24) is 14.9 Å². The summed E-state index contributed by atoms with van der Waals surface area (Å²) in [5.74, 6) is 6.10. The minimum Gasteiger partial charge on any atom is -0.465 e. The molecule has 0 unspecified atom stereocenters. The van der Waals surface area contributed by atoms with Gasteiger partial charge in [0.15, 0.2) is 5.82 Å². The summed E-state index contributed by atoms with van der Waals surface area (Å²) < 4.78 is 6.03. The Hall–Kier alpha value is -2.55. The summed E-state index contributed by atoms with van der Waals surface area (Å²) in [6.45, 7) is 2.03. The standard InChI is InChI=1S/C15H19N5O3S/c1-3-4-12-18-19-15(20(12)16)24-9-13(21)17-11-7-5-10(6-8-11)14(22)23-2/h5-8H,3-4,9,16H2,1-2H3,(H,17,21). The minimum atomic E-state index is -0.423. The molecule has 0 saturated heterocycles. The molecule has 0 fully saturated rings. The number of aryl methyl sites for hydroxylation is 1. The number of hydrogen-bond acceptors (Lipinski definition) is 7. The normalized spacial score (nSPS) is 10.4. The third kappa shape index (κ3) is 4.48. The Kier molecular flexibility index (Phi) is 6.19. The highest BCUT2D eigenvalue weighted by atomic mass is 32.2. The Bertz CT molecular complexity index is 714. The highest BCUT2D eigenvalue weighted by molar-refractivity contribution is 7.99. The number of ether oxygens (including phenoxy) is 1. The molecule has 8 nitrogen and oxygen atoms in total. The monoisotopic (exact) mass is 349 g/mol. The Morgan fingerprint density at radius 2 is 2.00 bits per heavy atom. The number of esters is 1. The van der Waals surface area contributed by atoms with E-state index in [1.807, 2.05) is 6.92 Å². The van der Waals surface area contributed by atoms with Gasteiger partial charge in [0.1, 0.15) is 0 Å². The molecule has 1 amide bonds. The number of nitrogens with zero attached hydrogens (tertiary/aromatic N) is 3. The number of thioether (sulfide) groups is 1. The molecule has 0 aliphatic carbocycles.